The summed E-state index contributed by atoms with van der Waals surface area (Å²) in [5.41, 5.74) is 1.07. The third-order valence-corrected chi connectivity index (χ3v) is 5.10. The van der Waals surface area contributed by atoms with Crippen molar-refractivity contribution in [1.29, 1.82) is 0 Å². The normalized spacial score (nSPS) is 17.8. The fourth-order valence-corrected chi connectivity index (χ4v) is 3.62. The molecule has 1 aromatic rings. The molecule has 0 saturated carbocycles. The number of likely N-dealkylation sites (N-methyl/N-ethyl adjacent to an activating group) is 1. The van der Waals surface area contributed by atoms with E-state index in [1.807, 2.05) is 32.6 Å². The van der Waals surface area contributed by atoms with Gasteiger partial charge in [0.1, 0.15) is 0 Å². The zero-order valence-electron chi connectivity index (χ0n) is 15.9. The van der Waals surface area contributed by atoms with Crippen molar-refractivity contribution in [3.8, 4) is 0 Å². The number of hydrogen-bond acceptors (Lipinski definition) is 2. The van der Waals surface area contributed by atoms with Crippen LogP contribution in [0.1, 0.15) is 44.9 Å². The Bertz CT molecular complexity index is 740. The lowest BCUT2D eigenvalue weighted by Gasteiger charge is -2.38. The third-order valence-electron chi connectivity index (χ3n) is 4.76. The summed E-state index contributed by atoms with van der Waals surface area (Å²) in [5, 5.41) is 3.58. The average Bonchev–Trinajstić information content (AvgIpc) is 2.62. The Labute approximate surface area is 163 Å². The van der Waals surface area contributed by atoms with E-state index in [4.69, 9.17) is 12.2 Å². The van der Waals surface area contributed by atoms with Gasteiger partial charge in [0.15, 0.2) is 5.11 Å². The van der Waals surface area contributed by atoms with Gasteiger partial charge >= 0.3 is 6.18 Å². The highest BCUT2D eigenvalue weighted by molar-refractivity contribution is 7.80. The minimum absolute atomic E-state index is 0.143. The van der Waals surface area contributed by atoms with Gasteiger partial charge in [-0.1, -0.05) is 12.1 Å². The molecule has 1 aliphatic heterocycles. The minimum Gasteiger partial charge on any atom is -0.351 e. The summed E-state index contributed by atoms with van der Waals surface area (Å²) in [7, 11) is 0. The van der Waals surface area contributed by atoms with Gasteiger partial charge < -0.3 is 15.1 Å². The summed E-state index contributed by atoms with van der Waals surface area (Å²) in [4.78, 5) is 16.6. The van der Waals surface area contributed by atoms with Gasteiger partial charge in [-0.15, -0.1) is 0 Å². The largest absolute Gasteiger partial charge is 0.416 e. The first-order valence-electron chi connectivity index (χ1n) is 8.90. The molecule has 8 heteroatoms. The lowest BCUT2D eigenvalue weighted by atomic mass is 9.93. The number of rotatable bonds is 5. The third kappa shape index (κ3) is 4.26. The van der Waals surface area contributed by atoms with E-state index in [1.54, 1.807) is 4.90 Å². The molecule has 27 heavy (non-hydrogen) atoms. The fourth-order valence-electron chi connectivity index (χ4n) is 3.23. The van der Waals surface area contributed by atoms with E-state index >= 15 is 0 Å². The molecule has 0 radical (unpaired) electrons. The molecule has 1 heterocycles. The van der Waals surface area contributed by atoms with Crippen LogP contribution in [0.2, 0.25) is 0 Å². The summed E-state index contributed by atoms with van der Waals surface area (Å²) in [6, 6.07) is 4.26. The summed E-state index contributed by atoms with van der Waals surface area (Å²) in [6.45, 7) is 9.21. The number of amides is 1. The minimum atomic E-state index is -4.40. The van der Waals surface area contributed by atoms with Crippen LogP contribution in [0.5, 0.6) is 0 Å². The van der Waals surface area contributed by atoms with Crippen molar-refractivity contribution < 1.29 is 18.0 Å². The van der Waals surface area contributed by atoms with Crippen molar-refractivity contribution in [2.24, 2.45) is 0 Å². The van der Waals surface area contributed by atoms with Crippen LogP contribution in [0.15, 0.2) is 35.5 Å². The van der Waals surface area contributed by atoms with E-state index < -0.39 is 17.8 Å². The van der Waals surface area contributed by atoms with Gasteiger partial charge in [0, 0.05) is 25.3 Å². The molecule has 0 aliphatic carbocycles. The summed E-state index contributed by atoms with van der Waals surface area (Å²) < 4.78 is 38.6. The maximum Gasteiger partial charge on any atom is 0.416 e. The molecule has 1 N–H and O–H groups in total. The Kier molecular flexibility index (Phi) is 6.51. The van der Waals surface area contributed by atoms with Crippen LogP contribution in [-0.2, 0) is 11.0 Å². The second-order valence-electron chi connectivity index (χ2n) is 6.22. The number of nitrogens with zero attached hydrogens (tertiary/aromatic N) is 2. The van der Waals surface area contributed by atoms with E-state index in [0.717, 1.165) is 17.8 Å². The molecule has 1 amide bonds. The van der Waals surface area contributed by atoms with E-state index in [-0.39, 0.29) is 5.91 Å². The molecular weight excluding hydrogens is 375 g/mol. The Morgan fingerprint density at radius 1 is 1.19 bits per heavy atom. The maximum atomic E-state index is 13.1. The molecule has 4 nitrogen and oxygen atoms in total. The number of alkyl halides is 3. The van der Waals surface area contributed by atoms with Gasteiger partial charge in [0.05, 0.1) is 17.2 Å². The fraction of sp³-hybridized carbons (Fsp3) is 0.474. The lowest BCUT2D eigenvalue weighted by molar-refractivity contribution is -0.137. The van der Waals surface area contributed by atoms with Crippen LogP contribution in [-0.4, -0.2) is 40.5 Å². The topological polar surface area (TPSA) is 35.6 Å². The molecule has 0 bridgehead atoms. The number of benzene rings is 1. The molecule has 0 fully saturated rings. The van der Waals surface area contributed by atoms with Crippen molar-refractivity contribution in [3.63, 3.8) is 0 Å². The van der Waals surface area contributed by atoms with Crippen LogP contribution >= 0.6 is 12.2 Å². The molecule has 1 aliphatic rings. The Morgan fingerprint density at radius 2 is 1.74 bits per heavy atom. The monoisotopic (exact) mass is 399 g/mol. The summed E-state index contributed by atoms with van der Waals surface area (Å²) in [5.74, 6) is -0.143. The SMILES string of the molecule is CCN(CC)C(=O)C1=C(C)N(CC)C(=S)N[C@@H]1c1ccc(C(F)(F)F)cc1. The number of thiocarbonyl (C=S) groups is 1. The van der Waals surface area contributed by atoms with Gasteiger partial charge in [-0.05, 0) is 57.6 Å². The first kappa shape index (κ1) is 21.2. The number of carbonyl (C=O) groups is 1. The molecule has 0 spiro atoms. The Morgan fingerprint density at radius 3 is 2.19 bits per heavy atom. The van der Waals surface area contributed by atoms with Gasteiger partial charge in [-0.2, -0.15) is 13.2 Å². The highest BCUT2D eigenvalue weighted by Crippen LogP contribution is 2.34. The molecule has 1 aromatic carbocycles. The number of halogens is 3. The van der Waals surface area contributed by atoms with Crippen molar-refractivity contribution >= 4 is 23.2 Å². The molecule has 148 valence electrons. The summed E-state index contributed by atoms with van der Waals surface area (Å²) >= 11 is 5.40. The number of allylic oxidation sites excluding steroid dienone is 1. The number of hydrogen-bond donors (Lipinski definition) is 1. The van der Waals surface area contributed by atoms with Crippen LogP contribution in [0.3, 0.4) is 0 Å². The quantitative estimate of drug-likeness (QED) is 0.757. The molecule has 0 aromatic heterocycles. The first-order valence-corrected chi connectivity index (χ1v) is 9.31. The van der Waals surface area contributed by atoms with Crippen molar-refractivity contribution in [1.82, 2.24) is 15.1 Å². The van der Waals surface area contributed by atoms with Crippen molar-refractivity contribution in [3.05, 3.63) is 46.7 Å². The second-order valence-corrected chi connectivity index (χ2v) is 6.61. The molecule has 1 atom stereocenters. The zero-order chi connectivity index (χ0) is 20.4. The molecule has 0 saturated heterocycles. The Hall–Kier alpha value is -2.09. The van der Waals surface area contributed by atoms with Gasteiger partial charge in [-0.25, -0.2) is 0 Å². The van der Waals surface area contributed by atoms with Crippen LogP contribution < -0.4 is 5.32 Å². The standard InChI is InChI=1S/C19H24F3N3OS/c1-5-24(6-2)17(26)15-12(4)25(7-3)18(27)23-16(15)13-8-10-14(11-9-13)19(20,21)22/h8-11,16H,5-7H2,1-4H3,(H,23,27)/t16-/m1/s1. The van der Waals surface area contributed by atoms with Crippen LogP contribution in [0.25, 0.3) is 0 Å². The van der Waals surface area contributed by atoms with Gasteiger partial charge in [0.25, 0.3) is 5.91 Å². The smallest absolute Gasteiger partial charge is 0.351 e. The lowest BCUT2D eigenvalue weighted by Crippen LogP contribution is -2.49. The highest BCUT2D eigenvalue weighted by Gasteiger charge is 2.36. The molecular formula is C19H24F3N3OS. The molecule has 2 rings (SSSR count). The molecule has 0 unspecified atom stereocenters. The highest BCUT2D eigenvalue weighted by atomic mass is 32.1. The van der Waals surface area contributed by atoms with E-state index in [1.165, 1.54) is 12.1 Å². The number of carbonyl (C=O) groups excluding carboxylic acids is 1. The van der Waals surface area contributed by atoms with Gasteiger partial charge in [0.2, 0.25) is 0 Å². The predicted octanol–water partition coefficient (Wildman–Crippen LogP) is 4.10. The van der Waals surface area contributed by atoms with Crippen molar-refractivity contribution in [2.45, 2.75) is 39.9 Å². The van der Waals surface area contributed by atoms with Crippen LogP contribution in [0.4, 0.5) is 13.2 Å². The van der Waals surface area contributed by atoms with E-state index in [9.17, 15) is 18.0 Å². The van der Waals surface area contributed by atoms with E-state index in [2.05, 4.69) is 5.32 Å². The average molecular weight is 399 g/mol. The Balaban J connectivity index is 2.53. The van der Waals surface area contributed by atoms with Gasteiger partial charge in [-0.3, -0.25) is 4.79 Å². The zero-order valence-corrected chi connectivity index (χ0v) is 16.7. The predicted molar refractivity (Wildman–Crippen MR) is 103 cm³/mol. The summed E-state index contributed by atoms with van der Waals surface area (Å²) in [6.07, 6.45) is -4.40. The number of nitrogens with one attached hydrogen (secondary N) is 1. The van der Waals surface area contributed by atoms with Crippen molar-refractivity contribution in [2.75, 3.05) is 19.6 Å². The second kappa shape index (κ2) is 8.29. The first-order chi connectivity index (χ1) is 12.6. The maximum absolute atomic E-state index is 13.1. The van der Waals surface area contributed by atoms with Crippen LogP contribution in [0, 0.1) is 0 Å². The van der Waals surface area contributed by atoms with E-state index in [0.29, 0.717) is 35.9 Å².